The lowest BCUT2D eigenvalue weighted by atomic mass is 9.84. The molecule has 0 amide bonds. The lowest BCUT2D eigenvalue weighted by Crippen LogP contribution is -2.42. The number of furan rings is 1. The Morgan fingerprint density at radius 3 is 2.94 bits per heavy atom. The van der Waals surface area contributed by atoms with Crippen molar-refractivity contribution in [3.05, 3.63) is 24.2 Å². The molecule has 0 spiro atoms. The maximum absolute atomic E-state index is 5.43. The molecule has 3 unspecified atom stereocenters. The lowest BCUT2D eigenvalue weighted by molar-refractivity contribution is 0.297. The van der Waals surface area contributed by atoms with Crippen LogP contribution < -0.4 is 5.32 Å². The van der Waals surface area contributed by atoms with Crippen molar-refractivity contribution in [3.63, 3.8) is 0 Å². The molecule has 3 atom stereocenters. The van der Waals surface area contributed by atoms with Crippen molar-refractivity contribution in [1.29, 1.82) is 0 Å². The first-order valence-corrected chi connectivity index (χ1v) is 8.25. The summed E-state index contributed by atoms with van der Waals surface area (Å²) in [5.74, 6) is 3.04. The molecule has 1 N–H and O–H groups in total. The summed E-state index contributed by atoms with van der Waals surface area (Å²) in [6.45, 7) is 5.62. The second-order valence-corrected chi connectivity index (χ2v) is 6.41. The zero-order chi connectivity index (χ0) is 12.8. The second kappa shape index (κ2) is 7.25. The van der Waals surface area contributed by atoms with E-state index in [-0.39, 0.29) is 0 Å². The highest BCUT2D eigenvalue weighted by Gasteiger charge is 2.29. The lowest BCUT2D eigenvalue weighted by Gasteiger charge is -2.36. The smallest absolute Gasteiger partial charge is 0.113 e. The van der Waals surface area contributed by atoms with Gasteiger partial charge >= 0.3 is 0 Å². The number of nitrogens with one attached hydrogen (secondary N) is 1. The molecule has 1 aromatic rings. The van der Waals surface area contributed by atoms with Crippen LogP contribution >= 0.6 is 11.8 Å². The summed E-state index contributed by atoms with van der Waals surface area (Å²) >= 11 is 2.07. The van der Waals surface area contributed by atoms with E-state index in [9.17, 15) is 0 Å². The van der Waals surface area contributed by atoms with Crippen molar-refractivity contribution in [3.8, 4) is 0 Å². The summed E-state index contributed by atoms with van der Waals surface area (Å²) in [5.41, 5.74) is 0. The fraction of sp³-hybridized carbons (Fsp3) is 0.733. The third-order valence-corrected chi connectivity index (χ3v) is 5.36. The molecule has 0 radical (unpaired) electrons. The summed E-state index contributed by atoms with van der Waals surface area (Å²) in [5, 5.41) is 4.40. The number of thioether (sulfide) groups is 1. The van der Waals surface area contributed by atoms with Crippen LogP contribution in [0.3, 0.4) is 0 Å². The molecule has 3 heteroatoms. The maximum atomic E-state index is 5.43. The Balaban J connectivity index is 1.87. The predicted molar refractivity (Wildman–Crippen MR) is 78.9 cm³/mol. The van der Waals surface area contributed by atoms with Crippen LogP contribution in [-0.2, 0) is 5.75 Å². The van der Waals surface area contributed by atoms with Gasteiger partial charge in [-0.25, -0.2) is 0 Å². The van der Waals surface area contributed by atoms with E-state index in [1.165, 1.54) is 25.7 Å². The van der Waals surface area contributed by atoms with E-state index in [0.29, 0.717) is 6.04 Å². The summed E-state index contributed by atoms with van der Waals surface area (Å²) < 4.78 is 5.43. The summed E-state index contributed by atoms with van der Waals surface area (Å²) in [7, 11) is 0. The maximum Gasteiger partial charge on any atom is 0.113 e. The molecular weight excluding hydrogens is 242 g/mol. The van der Waals surface area contributed by atoms with Gasteiger partial charge in [0.05, 0.1) is 12.0 Å². The third-order valence-electron chi connectivity index (χ3n) is 3.96. The van der Waals surface area contributed by atoms with Gasteiger partial charge in [-0.3, -0.25) is 0 Å². The van der Waals surface area contributed by atoms with Gasteiger partial charge in [-0.05, 0) is 43.9 Å². The van der Waals surface area contributed by atoms with Gasteiger partial charge in [-0.15, -0.1) is 11.8 Å². The van der Waals surface area contributed by atoms with Crippen molar-refractivity contribution in [2.24, 2.45) is 5.92 Å². The van der Waals surface area contributed by atoms with E-state index in [1.807, 2.05) is 6.07 Å². The van der Waals surface area contributed by atoms with Crippen molar-refractivity contribution in [2.75, 3.05) is 6.54 Å². The number of hydrogen-bond donors (Lipinski definition) is 1. The molecule has 1 saturated carbocycles. The third kappa shape index (κ3) is 3.79. The number of hydrogen-bond acceptors (Lipinski definition) is 3. The zero-order valence-electron chi connectivity index (χ0n) is 11.5. The van der Waals surface area contributed by atoms with Crippen LogP contribution in [0.15, 0.2) is 22.8 Å². The van der Waals surface area contributed by atoms with E-state index < -0.39 is 0 Å². The average Bonchev–Trinajstić information content (AvgIpc) is 2.91. The summed E-state index contributed by atoms with van der Waals surface area (Å²) in [6, 6.07) is 4.75. The van der Waals surface area contributed by atoms with Crippen molar-refractivity contribution in [1.82, 2.24) is 5.32 Å². The van der Waals surface area contributed by atoms with E-state index in [1.54, 1.807) is 6.26 Å². The van der Waals surface area contributed by atoms with Crippen LogP contribution in [0.5, 0.6) is 0 Å². The SMILES string of the molecule is CCNC1CCC(CC)CC1SCc1ccco1. The molecule has 0 saturated heterocycles. The zero-order valence-corrected chi connectivity index (χ0v) is 12.3. The fourth-order valence-corrected chi connectivity index (χ4v) is 4.26. The molecular formula is C15H25NOS. The van der Waals surface area contributed by atoms with Gasteiger partial charge in [0.2, 0.25) is 0 Å². The largest absolute Gasteiger partial charge is 0.468 e. The van der Waals surface area contributed by atoms with Gasteiger partial charge in [0.25, 0.3) is 0 Å². The standard InChI is InChI=1S/C15H25NOS/c1-3-12-7-8-14(16-4-2)15(10-12)18-11-13-6-5-9-17-13/h5-6,9,12,14-16H,3-4,7-8,10-11H2,1-2H3. The van der Waals surface area contributed by atoms with E-state index in [0.717, 1.165) is 29.2 Å². The Hall–Kier alpha value is -0.410. The molecule has 1 aliphatic carbocycles. The van der Waals surface area contributed by atoms with Crippen molar-refractivity contribution in [2.45, 2.75) is 56.6 Å². The first-order chi connectivity index (χ1) is 8.83. The molecule has 1 fully saturated rings. The fourth-order valence-electron chi connectivity index (χ4n) is 2.85. The highest BCUT2D eigenvalue weighted by Crippen LogP contribution is 2.35. The molecule has 18 heavy (non-hydrogen) atoms. The van der Waals surface area contributed by atoms with Crippen LogP contribution in [0, 0.1) is 5.92 Å². The summed E-state index contributed by atoms with van der Waals surface area (Å²) in [6.07, 6.45) is 7.19. The Bertz CT molecular complexity index is 325. The van der Waals surface area contributed by atoms with Gasteiger partial charge in [0.1, 0.15) is 5.76 Å². The molecule has 2 rings (SSSR count). The van der Waals surface area contributed by atoms with Crippen molar-refractivity contribution >= 4 is 11.8 Å². The Labute approximate surface area is 115 Å². The molecule has 1 aliphatic rings. The minimum Gasteiger partial charge on any atom is -0.468 e. The molecule has 1 heterocycles. The van der Waals surface area contributed by atoms with E-state index >= 15 is 0 Å². The highest BCUT2D eigenvalue weighted by atomic mass is 32.2. The van der Waals surface area contributed by atoms with Gasteiger partial charge in [0.15, 0.2) is 0 Å². The monoisotopic (exact) mass is 267 g/mol. The van der Waals surface area contributed by atoms with Crippen LogP contribution in [-0.4, -0.2) is 17.8 Å². The Morgan fingerprint density at radius 1 is 1.39 bits per heavy atom. The minimum atomic E-state index is 0.692. The topological polar surface area (TPSA) is 25.2 Å². The molecule has 0 bridgehead atoms. The number of rotatable bonds is 6. The van der Waals surface area contributed by atoms with Crippen LogP contribution in [0.1, 0.15) is 45.3 Å². The molecule has 0 aliphatic heterocycles. The molecule has 0 aromatic carbocycles. The van der Waals surface area contributed by atoms with Gasteiger partial charge in [-0.1, -0.05) is 20.3 Å². The quantitative estimate of drug-likeness (QED) is 0.841. The minimum absolute atomic E-state index is 0.692. The predicted octanol–water partition coefficient (Wildman–Crippen LogP) is 4.07. The Morgan fingerprint density at radius 2 is 2.28 bits per heavy atom. The van der Waals surface area contributed by atoms with E-state index in [2.05, 4.69) is 37.0 Å². The van der Waals surface area contributed by atoms with Gasteiger partial charge < -0.3 is 9.73 Å². The highest BCUT2D eigenvalue weighted by molar-refractivity contribution is 7.99. The molecule has 102 valence electrons. The average molecular weight is 267 g/mol. The van der Waals surface area contributed by atoms with E-state index in [4.69, 9.17) is 4.42 Å². The van der Waals surface area contributed by atoms with Gasteiger partial charge in [-0.2, -0.15) is 0 Å². The van der Waals surface area contributed by atoms with Gasteiger partial charge in [0, 0.05) is 11.3 Å². The van der Waals surface area contributed by atoms with Crippen LogP contribution in [0.2, 0.25) is 0 Å². The Kier molecular flexibility index (Phi) is 5.64. The first-order valence-electron chi connectivity index (χ1n) is 7.20. The normalized spacial score (nSPS) is 28.4. The van der Waals surface area contributed by atoms with Crippen LogP contribution in [0.25, 0.3) is 0 Å². The van der Waals surface area contributed by atoms with Crippen LogP contribution in [0.4, 0.5) is 0 Å². The molecule has 2 nitrogen and oxygen atoms in total. The van der Waals surface area contributed by atoms with Crippen molar-refractivity contribution < 1.29 is 4.42 Å². The molecule has 1 aromatic heterocycles. The second-order valence-electron chi connectivity index (χ2n) is 5.18. The first kappa shape index (κ1) is 14.0. The summed E-state index contributed by atoms with van der Waals surface area (Å²) in [4.78, 5) is 0.